The second-order valence-corrected chi connectivity index (χ2v) is 4.41. The Morgan fingerprint density at radius 1 is 1.22 bits per heavy atom. The summed E-state index contributed by atoms with van der Waals surface area (Å²) in [5.74, 6) is 0.300. The number of benzene rings is 1. The van der Waals surface area contributed by atoms with Gasteiger partial charge in [0.05, 0.1) is 18.3 Å². The van der Waals surface area contributed by atoms with Gasteiger partial charge in [0.2, 0.25) is 0 Å². The van der Waals surface area contributed by atoms with E-state index in [0.29, 0.717) is 26.9 Å². The number of ether oxygens (including phenoxy) is 1. The molecule has 0 aliphatic heterocycles. The van der Waals surface area contributed by atoms with E-state index in [2.05, 4.69) is 4.98 Å². The van der Waals surface area contributed by atoms with Crippen molar-refractivity contribution in [3.05, 3.63) is 57.8 Å². The van der Waals surface area contributed by atoms with Crippen LogP contribution in [0.4, 0.5) is 0 Å². The number of aromatic nitrogens is 1. The van der Waals surface area contributed by atoms with E-state index >= 15 is 0 Å². The van der Waals surface area contributed by atoms with Crippen molar-refractivity contribution >= 4 is 29.0 Å². The smallest absolute Gasteiger partial charge is 0.196 e. The first-order valence-corrected chi connectivity index (χ1v) is 5.86. The van der Waals surface area contributed by atoms with Gasteiger partial charge in [-0.25, -0.2) is 0 Å². The lowest BCUT2D eigenvalue weighted by atomic mass is 10.1. The minimum Gasteiger partial charge on any atom is -0.495 e. The highest BCUT2D eigenvalue weighted by Gasteiger charge is 2.14. The van der Waals surface area contributed by atoms with Gasteiger partial charge >= 0.3 is 0 Å². The second-order valence-electron chi connectivity index (χ2n) is 3.57. The Balaban J connectivity index is 2.41. The highest BCUT2D eigenvalue weighted by atomic mass is 35.5. The summed E-state index contributed by atoms with van der Waals surface area (Å²) in [6, 6.07) is 6.35. The van der Waals surface area contributed by atoms with Gasteiger partial charge in [-0.15, -0.1) is 0 Å². The molecule has 0 radical (unpaired) electrons. The molecule has 0 bridgehead atoms. The van der Waals surface area contributed by atoms with E-state index in [1.165, 1.54) is 25.6 Å². The lowest BCUT2D eigenvalue weighted by molar-refractivity contribution is 0.103. The van der Waals surface area contributed by atoms with Gasteiger partial charge in [0.1, 0.15) is 5.75 Å². The maximum atomic E-state index is 12.2. The molecule has 2 aromatic rings. The summed E-state index contributed by atoms with van der Waals surface area (Å²) in [6.07, 6.45) is 3.00. The fourth-order valence-electron chi connectivity index (χ4n) is 1.48. The van der Waals surface area contributed by atoms with E-state index in [-0.39, 0.29) is 5.78 Å². The summed E-state index contributed by atoms with van der Waals surface area (Å²) in [5.41, 5.74) is 0.801. The minimum absolute atomic E-state index is 0.219. The molecule has 0 saturated heterocycles. The Labute approximate surface area is 114 Å². The first-order valence-electron chi connectivity index (χ1n) is 5.10. The first kappa shape index (κ1) is 12.9. The van der Waals surface area contributed by atoms with Crippen LogP contribution in [0.2, 0.25) is 10.0 Å². The quantitative estimate of drug-likeness (QED) is 0.807. The molecule has 1 heterocycles. The Kier molecular flexibility index (Phi) is 3.84. The minimum atomic E-state index is -0.219. The number of carbonyl (C=O) groups excluding carboxylic acids is 1. The molecule has 18 heavy (non-hydrogen) atoms. The van der Waals surface area contributed by atoms with Crippen LogP contribution in [0.5, 0.6) is 5.75 Å². The molecular weight excluding hydrogens is 273 g/mol. The molecule has 3 nitrogen and oxygen atoms in total. The van der Waals surface area contributed by atoms with Crippen molar-refractivity contribution in [3.8, 4) is 5.75 Å². The van der Waals surface area contributed by atoms with Gasteiger partial charge in [-0.1, -0.05) is 23.2 Å². The molecule has 0 aliphatic rings. The Morgan fingerprint density at radius 3 is 2.67 bits per heavy atom. The van der Waals surface area contributed by atoms with Crippen LogP contribution in [-0.2, 0) is 0 Å². The molecule has 2 rings (SSSR count). The molecule has 92 valence electrons. The predicted molar refractivity (Wildman–Crippen MR) is 70.7 cm³/mol. The van der Waals surface area contributed by atoms with Crippen LogP contribution in [0.3, 0.4) is 0 Å². The molecule has 0 spiro atoms. The standard InChI is InChI=1S/C13H9Cl2NO2/c1-18-10-4-8(6-16-7-10)13(17)11-3-2-9(14)5-12(11)15/h2-7H,1H3. The normalized spacial score (nSPS) is 10.2. The zero-order valence-electron chi connectivity index (χ0n) is 9.48. The van der Waals surface area contributed by atoms with Gasteiger partial charge in [0.25, 0.3) is 0 Å². The average Bonchev–Trinajstić information content (AvgIpc) is 2.38. The largest absolute Gasteiger partial charge is 0.495 e. The van der Waals surface area contributed by atoms with Crippen LogP contribution in [0.1, 0.15) is 15.9 Å². The molecule has 1 aromatic heterocycles. The number of pyridine rings is 1. The zero-order chi connectivity index (χ0) is 13.1. The van der Waals surface area contributed by atoms with Crippen molar-refractivity contribution in [1.82, 2.24) is 4.98 Å². The third-order valence-corrected chi connectivity index (χ3v) is 2.93. The lowest BCUT2D eigenvalue weighted by Crippen LogP contribution is -2.03. The van der Waals surface area contributed by atoms with E-state index < -0.39 is 0 Å². The van der Waals surface area contributed by atoms with Crippen LogP contribution in [-0.4, -0.2) is 17.9 Å². The summed E-state index contributed by atoms with van der Waals surface area (Å²) >= 11 is 11.8. The summed E-state index contributed by atoms with van der Waals surface area (Å²) < 4.78 is 5.02. The molecule has 1 aromatic carbocycles. The van der Waals surface area contributed by atoms with Crippen LogP contribution in [0, 0.1) is 0 Å². The summed E-state index contributed by atoms with van der Waals surface area (Å²) in [5, 5.41) is 0.802. The number of methoxy groups -OCH3 is 1. The Bertz CT molecular complexity index is 599. The first-order chi connectivity index (χ1) is 8.61. The lowest BCUT2D eigenvalue weighted by Gasteiger charge is -2.05. The van der Waals surface area contributed by atoms with Gasteiger partial charge in [0, 0.05) is 22.3 Å². The van der Waals surface area contributed by atoms with Crippen LogP contribution in [0.15, 0.2) is 36.7 Å². The molecule has 0 amide bonds. The highest BCUT2D eigenvalue weighted by molar-refractivity contribution is 6.37. The average molecular weight is 282 g/mol. The fourth-order valence-corrected chi connectivity index (χ4v) is 1.98. The molecule has 0 aliphatic carbocycles. The van der Waals surface area contributed by atoms with Crippen molar-refractivity contribution < 1.29 is 9.53 Å². The third kappa shape index (κ3) is 2.63. The van der Waals surface area contributed by atoms with Crippen LogP contribution < -0.4 is 4.74 Å². The third-order valence-electron chi connectivity index (χ3n) is 2.39. The van der Waals surface area contributed by atoms with Crippen LogP contribution in [0.25, 0.3) is 0 Å². The SMILES string of the molecule is COc1cncc(C(=O)c2ccc(Cl)cc2Cl)c1. The van der Waals surface area contributed by atoms with Gasteiger partial charge < -0.3 is 4.74 Å². The predicted octanol–water partition coefficient (Wildman–Crippen LogP) is 3.63. The Hall–Kier alpha value is -1.58. The van der Waals surface area contributed by atoms with Gasteiger partial charge in [-0.05, 0) is 24.3 Å². The highest BCUT2D eigenvalue weighted by Crippen LogP contribution is 2.24. The molecule has 0 N–H and O–H groups in total. The summed E-state index contributed by atoms with van der Waals surface area (Å²) in [6.45, 7) is 0. The Morgan fingerprint density at radius 2 is 2.00 bits per heavy atom. The summed E-state index contributed by atoms with van der Waals surface area (Å²) in [4.78, 5) is 16.2. The van der Waals surface area contributed by atoms with E-state index in [0.717, 1.165) is 0 Å². The number of hydrogen-bond acceptors (Lipinski definition) is 3. The molecular formula is C13H9Cl2NO2. The maximum Gasteiger partial charge on any atom is 0.196 e. The number of hydrogen-bond donors (Lipinski definition) is 0. The number of carbonyl (C=O) groups is 1. The van der Waals surface area contributed by atoms with Crippen molar-refractivity contribution in [1.29, 1.82) is 0 Å². The van der Waals surface area contributed by atoms with Crippen LogP contribution >= 0.6 is 23.2 Å². The fraction of sp³-hybridized carbons (Fsp3) is 0.0769. The van der Waals surface area contributed by atoms with E-state index in [4.69, 9.17) is 27.9 Å². The number of ketones is 1. The molecule has 0 saturated carbocycles. The van der Waals surface area contributed by atoms with Crippen molar-refractivity contribution in [3.63, 3.8) is 0 Å². The summed E-state index contributed by atoms with van der Waals surface area (Å²) in [7, 11) is 1.51. The zero-order valence-corrected chi connectivity index (χ0v) is 11.0. The topological polar surface area (TPSA) is 39.2 Å². The van der Waals surface area contributed by atoms with E-state index in [1.54, 1.807) is 18.2 Å². The number of rotatable bonds is 3. The molecule has 0 unspecified atom stereocenters. The number of halogens is 2. The van der Waals surface area contributed by atoms with Gasteiger partial charge in [-0.2, -0.15) is 0 Å². The monoisotopic (exact) mass is 281 g/mol. The molecule has 0 fully saturated rings. The van der Waals surface area contributed by atoms with Crippen molar-refractivity contribution in [2.75, 3.05) is 7.11 Å². The second kappa shape index (κ2) is 5.38. The van der Waals surface area contributed by atoms with Gasteiger partial charge in [-0.3, -0.25) is 9.78 Å². The van der Waals surface area contributed by atoms with E-state index in [1.807, 2.05) is 0 Å². The number of nitrogens with zero attached hydrogens (tertiary/aromatic N) is 1. The van der Waals surface area contributed by atoms with E-state index in [9.17, 15) is 4.79 Å². The molecule has 5 heteroatoms. The molecule has 0 atom stereocenters. The maximum absolute atomic E-state index is 12.2. The van der Waals surface area contributed by atoms with Crippen molar-refractivity contribution in [2.24, 2.45) is 0 Å². The van der Waals surface area contributed by atoms with Gasteiger partial charge in [0.15, 0.2) is 5.78 Å². The van der Waals surface area contributed by atoms with Crippen molar-refractivity contribution in [2.45, 2.75) is 0 Å².